The summed E-state index contributed by atoms with van der Waals surface area (Å²) in [5.74, 6) is 0.365. The van der Waals surface area contributed by atoms with Crippen molar-refractivity contribution in [2.75, 3.05) is 5.73 Å². The van der Waals surface area contributed by atoms with Crippen molar-refractivity contribution in [2.24, 2.45) is 0 Å². The maximum Gasteiger partial charge on any atom is 0.146 e. The molecule has 2 rings (SSSR count). The zero-order chi connectivity index (χ0) is 13.8. The SMILES string of the molecule is Cc1cccc(CS(=O)Cc2ccc(N)c(F)c2)c1. The van der Waals surface area contributed by atoms with Gasteiger partial charge in [-0.3, -0.25) is 4.21 Å². The molecule has 2 N–H and O–H groups in total. The molecule has 1 unspecified atom stereocenters. The van der Waals surface area contributed by atoms with Crippen LogP contribution in [0.1, 0.15) is 16.7 Å². The van der Waals surface area contributed by atoms with Crippen molar-refractivity contribution in [3.63, 3.8) is 0 Å². The summed E-state index contributed by atoms with van der Waals surface area (Å²) in [4.78, 5) is 0. The first-order valence-corrected chi connectivity index (χ1v) is 7.48. The smallest absolute Gasteiger partial charge is 0.146 e. The van der Waals surface area contributed by atoms with Crippen molar-refractivity contribution < 1.29 is 8.60 Å². The number of benzene rings is 2. The highest BCUT2D eigenvalue weighted by atomic mass is 32.2. The molecule has 0 amide bonds. The molecule has 0 saturated heterocycles. The fourth-order valence-electron chi connectivity index (χ4n) is 1.89. The second kappa shape index (κ2) is 5.97. The van der Waals surface area contributed by atoms with Gasteiger partial charge in [0, 0.05) is 22.3 Å². The highest BCUT2D eigenvalue weighted by Gasteiger charge is 2.06. The Bertz CT molecular complexity index is 613. The van der Waals surface area contributed by atoms with Gasteiger partial charge in [0.25, 0.3) is 0 Å². The minimum atomic E-state index is -1.05. The fraction of sp³-hybridized carbons (Fsp3) is 0.200. The maximum atomic E-state index is 13.3. The summed E-state index contributed by atoms with van der Waals surface area (Å²) in [6, 6.07) is 12.5. The van der Waals surface area contributed by atoms with Gasteiger partial charge in [-0.25, -0.2) is 4.39 Å². The molecule has 0 aliphatic carbocycles. The van der Waals surface area contributed by atoms with Crippen LogP contribution in [-0.2, 0) is 22.3 Å². The number of rotatable bonds is 4. The summed E-state index contributed by atoms with van der Waals surface area (Å²) >= 11 is 0. The van der Waals surface area contributed by atoms with Gasteiger partial charge in [-0.15, -0.1) is 0 Å². The van der Waals surface area contributed by atoms with E-state index in [0.29, 0.717) is 17.1 Å². The third-order valence-electron chi connectivity index (χ3n) is 2.80. The van der Waals surface area contributed by atoms with E-state index in [0.717, 1.165) is 11.1 Å². The van der Waals surface area contributed by atoms with Crippen molar-refractivity contribution in [1.29, 1.82) is 0 Å². The molecule has 2 aromatic carbocycles. The van der Waals surface area contributed by atoms with Crippen LogP contribution in [0.3, 0.4) is 0 Å². The van der Waals surface area contributed by atoms with Gasteiger partial charge in [-0.2, -0.15) is 0 Å². The average molecular weight is 277 g/mol. The first kappa shape index (κ1) is 13.7. The maximum absolute atomic E-state index is 13.3. The predicted molar refractivity (Wildman–Crippen MR) is 77.5 cm³/mol. The van der Waals surface area contributed by atoms with Crippen LogP contribution in [-0.4, -0.2) is 4.21 Å². The molecule has 0 saturated carbocycles. The fourth-order valence-corrected chi connectivity index (χ4v) is 3.09. The van der Waals surface area contributed by atoms with Gasteiger partial charge < -0.3 is 5.73 Å². The van der Waals surface area contributed by atoms with Crippen molar-refractivity contribution >= 4 is 16.5 Å². The van der Waals surface area contributed by atoms with E-state index in [2.05, 4.69) is 0 Å². The van der Waals surface area contributed by atoms with E-state index in [1.54, 1.807) is 6.07 Å². The monoisotopic (exact) mass is 277 g/mol. The number of halogens is 1. The lowest BCUT2D eigenvalue weighted by atomic mass is 10.2. The van der Waals surface area contributed by atoms with Gasteiger partial charge in [0.1, 0.15) is 5.82 Å². The van der Waals surface area contributed by atoms with Crippen molar-refractivity contribution in [1.82, 2.24) is 0 Å². The zero-order valence-electron chi connectivity index (χ0n) is 10.7. The minimum Gasteiger partial charge on any atom is -0.396 e. The molecule has 2 aromatic rings. The Morgan fingerprint density at radius 2 is 1.79 bits per heavy atom. The molecule has 2 nitrogen and oxygen atoms in total. The number of nitrogens with two attached hydrogens (primary N) is 1. The normalized spacial score (nSPS) is 12.3. The van der Waals surface area contributed by atoms with Gasteiger partial charge in [0.05, 0.1) is 5.69 Å². The molecule has 100 valence electrons. The van der Waals surface area contributed by atoms with E-state index in [9.17, 15) is 8.60 Å². The minimum absolute atomic E-state index is 0.119. The Hall–Kier alpha value is -1.68. The van der Waals surface area contributed by atoms with Gasteiger partial charge in [-0.05, 0) is 30.2 Å². The van der Waals surface area contributed by atoms with Crippen molar-refractivity contribution in [3.05, 3.63) is 65.0 Å². The third kappa shape index (κ3) is 3.89. The van der Waals surface area contributed by atoms with Crippen LogP contribution < -0.4 is 5.73 Å². The Labute approximate surface area is 114 Å². The summed E-state index contributed by atoms with van der Waals surface area (Å²) < 4.78 is 25.3. The van der Waals surface area contributed by atoms with Crippen molar-refractivity contribution in [3.8, 4) is 0 Å². The third-order valence-corrected chi connectivity index (χ3v) is 4.11. The zero-order valence-corrected chi connectivity index (χ0v) is 11.5. The molecular formula is C15H16FNOS. The second-order valence-electron chi connectivity index (χ2n) is 4.57. The van der Waals surface area contributed by atoms with E-state index in [-0.39, 0.29) is 5.69 Å². The summed E-state index contributed by atoms with van der Waals surface area (Å²) in [7, 11) is -1.05. The molecule has 0 aliphatic rings. The number of aryl methyl sites for hydroxylation is 1. The van der Waals surface area contributed by atoms with Crippen LogP contribution in [0.25, 0.3) is 0 Å². The van der Waals surface area contributed by atoms with E-state index < -0.39 is 16.6 Å². The number of hydrogen-bond donors (Lipinski definition) is 1. The number of anilines is 1. The Morgan fingerprint density at radius 3 is 2.42 bits per heavy atom. The van der Waals surface area contributed by atoms with Crippen LogP contribution in [0.5, 0.6) is 0 Å². The standard InChI is InChI=1S/C15H16FNOS/c1-11-3-2-4-12(7-11)9-19(18)10-13-5-6-15(17)14(16)8-13/h2-8H,9-10,17H2,1H3. The van der Waals surface area contributed by atoms with Gasteiger partial charge >= 0.3 is 0 Å². The van der Waals surface area contributed by atoms with E-state index in [1.807, 2.05) is 31.2 Å². The van der Waals surface area contributed by atoms with Crippen LogP contribution >= 0.6 is 0 Å². The van der Waals surface area contributed by atoms with Gasteiger partial charge in [0.2, 0.25) is 0 Å². The molecule has 0 radical (unpaired) electrons. The molecule has 0 aromatic heterocycles. The molecule has 1 atom stereocenters. The lowest BCUT2D eigenvalue weighted by Gasteiger charge is -2.05. The largest absolute Gasteiger partial charge is 0.396 e. The molecular weight excluding hydrogens is 261 g/mol. The van der Waals surface area contributed by atoms with Gasteiger partial charge in [0.15, 0.2) is 0 Å². The average Bonchev–Trinajstić information content (AvgIpc) is 2.34. The van der Waals surface area contributed by atoms with Crippen LogP contribution in [0.4, 0.5) is 10.1 Å². The lowest BCUT2D eigenvalue weighted by Crippen LogP contribution is -2.01. The lowest BCUT2D eigenvalue weighted by molar-refractivity contribution is 0.631. The van der Waals surface area contributed by atoms with Crippen LogP contribution in [0, 0.1) is 12.7 Å². The Morgan fingerprint density at radius 1 is 1.11 bits per heavy atom. The number of nitrogen functional groups attached to an aromatic ring is 1. The molecule has 4 heteroatoms. The highest BCUT2D eigenvalue weighted by Crippen LogP contribution is 2.15. The summed E-state index contributed by atoms with van der Waals surface area (Å²) in [6.45, 7) is 2.00. The summed E-state index contributed by atoms with van der Waals surface area (Å²) in [5.41, 5.74) is 8.42. The second-order valence-corrected chi connectivity index (χ2v) is 6.03. The van der Waals surface area contributed by atoms with Crippen molar-refractivity contribution in [2.45, 2.75) is 18.4 Å². The van der Waals surface area contributed by atoms with Gasteiger partial charge in [-0.1, -0.05) is 35.9 Å². The molecule has 0 aliphatic heterocycles. The van der Waals surface area contributed by atoms with E-state index >= 15 is 0 Å². The van der Waals surface area contributed by atoms with Crippen LogP contribution in [0.2, 0.25) is 0 Å². The highest BCUT2D eigenvalue weighted by molar-refractivity contribution is 7.83. The molecule has 0 spiro atoms. The van der Waals surface area contributed by atoms with E-state index in [4.69, 9.17) is 5.73 Å². The van der Waals surface area contributed by atoms with Crippen LogP contribution in [0.15, 0.2) is 42.5 Å². The Kier molecular flexibility index (Phi) is 4.32. The topological polar surface area (TPSA) is 43.1 Å². The number of hydrogen-bond acceptors (Lipinski definition) is 2. The molecule has 0 heterocycles. The molecule has 19 heavy (non-hydrogen) atoms. The Balaban J connectivity index is 2.03. The predicted octanol–water partition coefficient (Wildman–Crippen LogP) is 3.17. The molecule has 0 fully saturated rings. The first-order chi connectivity index (χ1) is 9.04. The quantitative estimate of drug-likeness (QED) is 0.872. The summed E-state index contributed by atoms with van der Waals surface area (Å²) in [6.07, 6.45) is 0. The van der Waals surface area contributed by atoms with E-state index in [1.165, 1.54) is 12.1 Å². The molecule has 0 bridgehead atoms. The summed E-state index contributed by atoms with van der Waals surface area (Å²) in [5, 5.41) is 0. The first-order valence-electron chi connectivity index (χ1n) is 5.99.